The Balaban J connectivity index is 2.90. The summed E-state index contributed by atoms with van der Waals surface area (Å²) < 4.78 is 13.6. The molecule has 0 amide bonds. The maximum atomic E-state index is 12.9. The fourth-order valence-electron chi connectivity index (χ4n) is 0.724. The Morgan fingerprint density at radius 3 is 2.82 bits per heavy atom. The van der Waals surface area contributed by atoms with Gasteiger partial charge in [-0.2, -0.15) is 5.48 Å². The van der Waals surface area contributed by atoms with Gasteiger partial charge in [-0.3, -0.25) is 0 Å². The van der Waals surface area contributed by atoms with Crippen molar-refractivity contribution in [1.29, 1.82) is 0 Å². The molecule has 0 spiro atoms. The third-order valence-electron chi connectivity index (χ3n) is 1.21. The Kier molecular flexibility index (Phi) is 2.99. The van der Waals surface area contributed by atoms with Gasteiger partial charge in [0.1, 0.15) is 0 Å². The Hall–Kier alpha value is -0.450. The molecule has 0 radical (unpaired) electrons. The standard InChI is InChI=1S/C7H7BrFNO/c1-11-10-7-3-2-5(8)4-6(7)9/h2-4,10H,1H3/p+1. The monoisotopic (exact) mass is 220 g/mol. The van der Waals surface area contributed by atoms with Crippen molar-refractivity contribution in [2.45, 2.75) is 0 Å². The summed E-state index contributed by atoms with van der Waals surface area (Å²) in [5.41, 5.74) is 1.82. The zero-order valence-corrected chi connectivity index (χ0v) is 7.56. The zero-order chi connectivity index (χ0) is 8.27. The molecule has 2 nitrogen and oxygen atoms in total. The third kappa shape index (κ3) is 2.25. The summed E-state index contributed by atoms with van der Waals surface area (Å²) in [6.45, 7) is 0. The van der Waals surface area contributed by atoms with E-state index in [4.69, 9.17) is 0 Å². The van der Waals surface area contributed by atoms with E-state index in [9.17, 15) is 4.39 Å². The van der Waals surface area contributed by atoms with Crippen molar-refractivity contribution in [2.75, 3.05) is 7.11 Å². The number of benzene rings is 1. The molecule has 2 N–H and O–H groups in total. The van der Waals surface area contributed by atoms with Gasteiger partial charge >= 0.3 is 0 Å². The van der Waals surface area contributed by atoms with Crippen LogP contribution in [0.2, 0.25) is 0 Å². The van der Waals surface area contributed by atoms with E-state index in [2.05, 4.69) is 20.8 Å². The van der Waals surface area contributed by atoms with Gasteiger partial charge < -0.3 is 0 Å². The van der Waals surface area contributed by atoms with Crippen LogP contribution in [0.25, 0.3) is 0 Å². The van der Waals surface area contributed by atoms with Gasteiger partial charge in [0.25, 0.3) is 0 Å². The molecule has 1 rings (SSSR count). The van der Waals surface area contributed by atoms with E-state index < -0.39 is 0 Å². The molecule has 11 heavy (non-hydrogen) atoms. The molecular formula is C7H8BrFNO+. The van der Waals surface area contributed by atoms with E-state index in [1.807, 2.05) is 0 Å². The van der Waals surface area contributed by atoms with Crippen molar-refractivity contribution in [3.63, 3.8) is 0 Å². The molecule has 0 saturated carbocycles. The number of nitrogens with two attached hydrogens (primary N) is 1. The van der Waals surface area contributed by atoms with E-state index >= 15 is 0 Å². The lowest BCUT2D eigenvalue weighted by molar-refractivity contribution is -0.831. The maximum Gasteiger partial charge on any atom is 0.198 e. The number of hydrogen-bond donors (Lipinski definition) is 1. The lowest BCUT2D eigenvalue weighted by atomic mass is 10.3. The first kappa shape index (κ1) is 8.64. The van der Waals surface area contributed by atoms with Crippen LogP contribution >= 0.6 is 15.9 Å². The minimum Gasteiger partial charge on any atom is -0.204 e. The molecule has 0 heterocycles. The molecule has 0 atom stereocenters. The van der Waals surface area contributed by atoms with Crippen molar-refractivity contribution in [2.24, 2.45) is 0 Å². The third-order valence-corrected chi connectivity index (χ3v) is 1.70. The summed E-state index contributed by atoms with van der Waals surface area (Å²) in [7, 11) is 1.49. The normalized spacial score (nSPS) is 10.1. The van der Waals surface area contributed by atoms with Crippen molar-refractivity contribution in [3.8, 4) is 0 Å². The van der Waals surface area contributed by atoms with Crippen LogP contribution in [0.4, 0.5) is 10.1 Å². The van der Waals surface area contributed by atoms with Gasteiger partial charge in [0.2, 0.25) is 0 Å². The van der Waals surface area contributed by atoms with Gasteiger partial charge in [-0.05, 0) is 12.1 Å². The SMILES string of the molecule is CO[NH2+]c1ccc(Br)cc1F. The van der Waals surface area contributed by atoms with Gasteiger partial charge in [0.05, 0.1) is 7.11 Å². The van der Waals surface area contributed by atoms with Crippen LogP contribution in [0, 0.1) is 5.82 Å². The Morgan fingerprint density at radius 1 is 1.55 bits per heavy atom. The Bertz CT molecular complexity index is 254. The van der Waals surface area contributed by atoms with Crippen LogP contribution in [0.15, 0.2) is 22.7 Å². The Labute approximate surface area is 72.4 Å². The minimum absolute atomic E-state index is 0.291. The zero-order valence-electron chi connectivity index (χ0n) is 5.97. The molecule has 0 fully saturated rings. The van der Waals surface area contributed by atoms with Gasteiger partial charge in [0.15, 0.2) is 11.5 Å². The molecule has 0 aliphatic carbocycles. The average molecular weight is 221 g/mol. The molecule has 0 unspecified atom stereocenters. The van der Waals surface area contributed by atoms with E-state index in [1.165, 1.54) is 18.7 Å². The largest absolute Gasteiger partial charge is 0.204 e. The van der Waals surface area contributed by atoms with E-state index in [-0.39, 0.29) is 5.82 Å². The second kappa shape index (κ2) is 3.80. The van der Waals surface area contributed by atoms with Gasteiger partial charge in [0, 0.05) is 10.5 Å². The van der Waals surface area contributed by atoms with Crippen LogP contribution in [0.3, 0.4) is 0 Å². The predicted octanol–water partition coefficient (Wildman–Crippen LogP) is 1.34. The summed E-state index contributed by atoms with van der Waals surface area (Å²) in [4.78, 5) is 4.67. The fraction of sp³-hybridized carbons (Fsp3) is 0.143. The highest BCUT2D eigenvalue weighted by Crippen LogP contribution is 2.15. The molecule has 60 valence electrons. The molecule has 0 aliphatic heterocycles. The highest BCUT2D eigenvalue weighted by atomic mass is 79.9. The van der Waals surface area contributed by atoms with E-state index in [0.717, 1.165) is 4.47 Å². The van der Waals surface area contributed by atoms with Crippen molar-refractivity contribution in [3.05, 3.63) is 28.5 Å². The number of halogens is 2. The van der Waals surface area contributed by atoms with Crippen molar-refractivity contribution in [1.82, 2.24) is 0 Å². The second-order valence-electron chi connectivity index (χ2n) is 2.02. The quantitative estimate of drug-likeness (QED) is 0.591. The molecule has 0 aliphatic rings. The summed E-state index contributed by atoms with van der Waals surface area (Å²) in [5, 5.41) is 0. The molecule has 1 aromatic rings. The van der Waals surface area contributed by atoms with Gasteiger partial charge in [-0.1, -0.05) is 15.9 Å². The predicted molar refractivity (Wildman–Crippen MR) is 42.7 cm³/mol. The van der Waals surface area contributed by atoms with Crippen LogP contribution in [-0.4, -0.2) is 7.11 Å². The molecule has 0 saturated heterocycles. The van der Waals surface area contributed by atoms with Crippen LogP contribution in [0.5, 0.6) is 0 Å². The first-order valence-electron chi connectivity index (χ1n) is 3.05. The summed E-state index contributed by atoms with van der Waals surface area (Å²) >= 11 is 3.15. The number of hydrogen-bond acceptors (Lipinski definition) is 1. The lowest BCUT2D eigenvalue weighted by Gasteiger charge is -1.97. The smallest absolute Gasteiger partial charge is 0.198 e. The van der Waals surface area contributed by atoms with E-state index in [1.54, 1.807) is 12.1 Å². The first-order valence-corrected chi connectivity index (χ1v) is 3.84. The Morgan fingerprint density at radius 2 is 2.27 bits per heavy atom. The average Bonchev–Trinajstić information content (AvgIpc) is 1.95. The van der Waals surface area contributed by atoms with Crippen LogP contribution in [0.1, 0.15) is 0 Å². The topological polar surface area (TPSA) is 25.8 Å². The fourth-order valence-corrected chi connectivity index (χ4v) is 1.06. The summed E-state index contributed by atoms with van der Waals surface area (Å²) in [6.07, 6.45) is 0. The lowest BCUT2D eigenvalue weighted by Crippen LogP contribution is -2.76. The number of rotatable bonds is 2. The second-order valence-corrected chi connectivity index (χ2v) is 2.94. The molecule has 0 aromatic heterocycles. The summed E-state index contributed by atoms with van der Waals surface area (Å²) in [6, 6.07) is 4.79. The molecule has 0 bridgehead atoms. The van der Waals surface area contributed by atoms with E-state index in [0.29, 0.717) is 5.69 Å². The molecule has 1 aromatic carbocycles. The first-order chi connectivity index (χ1) is 5.24. The van der Waals surface area contributed by atoms with Crippen LogP contribution in [-0.2, 0) is 4.84 Å². The highest BCUT2D eigenvalue weighted by molar-refractivity contribution is 9.10. The van der Waals surface area contributed by atoms with Crippen molar-refractivity contribution < 1.29 is 14.7 Å². The summed E-state index contributed by atoms with van der Waals surface area (Å²) in [5.74, 6) is -0.291. The highest BCUT2D eigenvalue weighted by Gasteiger charge is 2.04. The van der Waals surface area contributed by atoms with Gasteiger partial charge in [-0.25, -0.2) is 9.23 Å². The minimum atomic E-state index is -0.291. The van der Waals surface area contributed by atoms with Crippen molar-refractivity contribution >= 4 is 21.6 Å². The molecular weight excluding hydrogens is 213 g/mol. The number of quaternary nitrogens is 1. The van der Waals surface area contributed by atoms with Gasteiger partial charge in [-0.15, -0.1) is 0 Å². The molecule has 4 heteroatoms. The maximum absolute atomic E-state index is 12.9. The van der Waals surface area contributed by atoms with Crippen LogP contribution < -0.4 is 5.48 Å².